The van der Waals surface area contributed by atoms with Crippen LogP contribution in [-0.4, -0.2) is 56.3 Å². The quantitative estimate of drug-likeness (QED) is 0.120. The molecule has 0 saturated carbocycles. The first-order chi connectivity index (χ1) is 20.2. The van der Waals surface area contributed by atoms with Crippen molar-refractivity contribution < 1.29 is 24.5 Å². The highest BCUT2D eigenvalue weighted by atomic mass is 127. The predicted octanol–water partition coefficient (Wildman–Crippen LogP) is 5.86. The van der Waals surface area contributed by atoms with Crippen molar-refractivity contribution in [1.82, 2.24) is 20.2 Å². The van der Waals surface area contributed by atoms with E-state index >= 15 is 0 Å². The van der Waals surface area contributed by atoms with Gasteiger partial charge in [-0.3, -0.25) is 9.69 Å². The van der Waals surface area contributed by atoms with Gasteiger partial charge < -0.3 is 25.3 Å². The molecule has 1 aromatic heterocycles. The molecular formula is C30H27Cl2IN4O5. The first kappa shape index (κ1) is 30.3. The van der Waals surface area contributed by atoms with Crippen molar-refractivity contribution in [2.75, 3.05) is 13.2 Å². The predicted molar refractivity (Wildman–Crippen MR) is 168 cm³/mol. The summed E-state index contributed by atoms with van der Waals surface area (Å²) in [7, 11) is 0. The number of aliphatic hydroxyl groups is 2. The van der Waals surface area contributed by atoms with Crippen LogP contribution in [0.1, 0.15) is 41.9 Å². The average Bonchev–Trinajstić information content (AvgIpc) is 3.51. The summed E-state index contributed by atoms with van der Waals surface area (Å²) in [6, 6.07) is 19.4. The summed E-state index contributed by atoms with van der Waals surface area (Å²) in [4.78, 5) is 36.5. The SMILES string of the molecule is C[C@@H](c1ccccc1)[C@@H](c1nc(-c2ccc(I)cc2Cl)c(Cl)[nH]1)N1C(=O)NC(c2ccc(OC[C@H](O)CO)cc2)C1=O. The fourth-order valence-corrected chi connectivity index (χ4v) is 6.06. The van der Waals surface area contributed by atoms with Gasteiger partial charge in [0.1, 0.15) is 47.2 Å². The Labute approximate surface area is 266 Å². The minimum Gasteiger partial charge on any atom is -0.491 e. The molecule has 2 heterocycles. The lowest BCUT2D eigenvalue weighted by Gasteiger charge is -2.29. The van der Waals surface area contributed by atoms with E-state index in [4.69, 9.17) is 38.0 Å². The van der Waals surface area contributed by atoms with E-state index in [1.54, 1.807) is 30.3 Å². The second-order valence-corrected chi connectivity index (χ2v) is 11.9. The summed E-state index contributed by atoms with van der Waals surface area (Å²) in [5.41, 5.74) is 2.50. The molecule has 9 nitrogen and oxygen atoms in total. The number of carbonyl (C=O) groups excluding carboxylic acids is 2. The van der Waals surface area contributed by atoms with Crippen LogP contribution < -0.4 is 10.1 Å². The van der Waals surface area contributed by atoms with Gasteiger partial charge in [-0.25, -0.2) is 9.78 Å². The second-order valence-electron chi connectivity index (χ2n) is 9.86. The number of imidazole rings is 1. The van der Waals surface area contributed by atoms with Gasteiger partial charge in [0.25, 0.3) is 5.91 Å². The highest BCUT2D eigenvalue weighted by Gasteiger charge is 2.46. The molecule has 0 aliphatic carbocycles. The van der Waals surface area contributed by atoms with Crippen LogP contribution in [0, 0.1) is 3.57 Å². The van der Waals surface area contributed by atoms with Crippen molar-refractivity contribution in [3.8, 4) is 17.0 Å². The van der Waals surface area contributed by atoms with Gasteiger partial charge in [0.2, 0.25) is 0 Å². The number of nitrogens with one attached hydrogen (secondary N) is 2. The van der Waals surface area contributed by atoms with Crippen LogP contribution in [0.2, 0.25) is 10.2 Å². The second kappa shape index (κ2) is 13.0. The summed E-state index contributed by atoms with van der Waals surface area (Å²) in [6.45, 7) is 1.43. The van der Waals surface area contributed by atoms with Gasteiger partial charge in [-0.2, -0.15) is 0 Å². The molecule has 4 N–H and O–H groups in total. The molecule has 5 rings (SSSR count). The minimum absolute atomic E-state index is 0.0805. The third kappa shape index (κ3) is 6.28. The molecule has 3 aromatic carbocycles. The smallest absolute Gasteiger partial charge is 0.325 e. The highest BCUT2D eigenvalue weighted by molar-refractivity contribution is 14.1. The van der Waals surface area contributed by atoms with E-state index in [-0.39, 0.29) is 17.7 Å². The van der Waals surface area contributed by atoms with Gasteiger partial charge in [0.15, 0.2) is 0 Å². The largest absolute Gasteiger partial charge is 0.491 e. The molecule has 0 radical (unpaired) electrons. The lowest BCUT2D eigenvalue weighted by atomic mass is 9.91. The molecule has 42 heavy (non-hydrogen) atoms. The highest BCUT2D eigenvalue weighted by Crippen LogP contribution is 2.41. The molecule has 0 bridgehead atoms. The Morgan fingerprint density at radius 1 is 1.07 bits per heavy atom. The number of amides is 3. The van der Waals surface area contributed by atoms with Gasteiger partial charge in [0.05, 0.1) is 11.6 Å². The van der Waals surface area contributed by atoms with Gasteiger partial charge in [-0.05, 0) is 58.0 Å². The van der Waals surface area contributed by atoms with Crippen LogP contribution in [0.15, 0.2) is 72.8 Å². The molecule has 3 amide bonds. The van der Waals surface area contributed by atoms with E-state index in [0.29, 0.717) is 33.4 Å². The monoisotopic (exact) mass is 720 g/mol. The van der Waals surface area contributed by atoms with Gasteiger partial charge in [-0.1, -0.05) is 78.7 Å². The number of benzene rings is 3. The van der Waals surface area contributed by atoms with E-state index in [1.165, 1.54) is 4.90 Å². The lowest BCUT2D eigenvalue weighted by Crippen LogP contribution is -2.38. The number of halogens is 3. The Balaban J connectivity index is 1.49. The number of H-pyrrole nitrogens is 1. The molecule has 218 valence electrons. The van der Waals surface area contributed by atoms with Crippen LogP contribution in [0.5, 0.6) is 5.75 Å². The molecule has 12 heteroatoms. The van der Waals surface area contributed by atoms with Crippen molar-refractivity contribution in [2.45, 2.75) is 31.0 Å². The molecule has 0 spiro atoms. The summed E-state index contributed by atoms with van der Waals surface area (Å²) in [5, 5.41) is 22.0. The third-order valence-electron chi connectivity index (χ3n) is 7.06. The van der Waals surface area contributed by atoms with E-state index in [0.717, 1.165) is 9.13 Å². The van der Waals surface area contributed by atoms with Gasteiger partial charge in [0, 0.05) is 15.1 Å². The van der Waals surface area contributed by atoms with Crippen LogP contribution >= 0.6 is 45.8 Å². The van der Waals surface area contributed by atoms with Crippen molar-refractivity contribution in [3.05, 3.63) is 103 Å². The Kier molecular flexibility index (Phi) is 9.38. The maximum atomic E-state index is 13.9. The number of aromatic nitrogens is 2. The molecule has 1 aliphatic heterocycles. The number of urea groups is 1. The van der Waals surface area contributed by atoms with Gasteiger partial charge in [-0.15, -0.1) is 0 Å². The normalized spacial score (nSPS) is 17.2. The lowest BCUT2D eigenvalue weighted by molar-refractivity contribution is -0.129. The number of carbonyl (C=O) groups is 2. The number of imide groups is 1. The van der Waals surface area contributed by atoms with E-state index < -0.39 is 36.7 Å². The number of aliphatic hydroxyl groups excluding tert-OH is 2. The zero-order chi connectivity index (χ0) is 30.0. The molecule has 4 aromatic rings. The number of hydrogen-bond acceptors (Lipinski definition) is 6. The summed E-state index contributed by atoms with van der Waals surface area (Å²) in [5.74, 6) is -0.00654. The van der Waals surface area contributed by atoms with Crippen LogP contribution in [0.4, 0.5) is 4.79 Å². The zero-order valence-electron chi connectivity index (χ0n) is 22.3. The first-order valence-corrected chi connectivity index (χ1v) is 14.9. The fourth-order valence-electron chi connectivity index (χ4n) is 4.88. The Morgan fingerprint density at radius 2 is 1.79 bits per heavy atom. The molecule has 1 unspecified atom stereocenters. The summed E-state index contributed by atoms with van der Waals surface area (Å²) >= 11 is 15.3. The Morgan fingerprint density at radius 3 is 2.45 bits per heavy atom. The van der Waals surface area contributed by atoms with Gasteiger partial charge >= 0.3 is 6.03 Å². The number of hydrogen-bond donors (Lipinski definition) is 4. The first-order valence-electron chi connectivity index (χ1n) is 13.1. The van der Waals surface area contributed by atoms with Crippen LogP contribution in [-0.2, 0) is 4.79 Å². The average molecular weight is 721 g/mol. The van der Waals surface area contributed by atoms with Crippen LogP contribution in [0.25, 0.3) is 11.3 Å². The minimum atomic E-state index is -1.00. The topological polar surface area (TPSA) is 128 Å². The zero-order valence-corrected chi connectivity index (χ0v) is 26.0. The Hall–Kier alpha value is -3.16. The summed E-state index contributed by atoms with van der Waals surface area (Å²) in [6.07, 6.45) is -1.00. The third-order valence-corrected chi connectivity index (χ3v) is 8.32. The standard InChI is InChI=1S/C30H27Cl2IN4O5/c1-16(17-5-3-2-4-6-17)26(28-34-25(27(32)36-28)22-12-9-19(33)13-23(22)31)37-29(40)24(35-30(37)41)18-7-10-21(11-8-18)42-15-20(39)14-38/h2-13,16,20,24,26,38-39H,14-15H2,1H3,(H,34,36)(H,35,41)/t16-,20+,24?,26-/m0/s1. The van der Waals surface area contributed by atoms with E-state index in [2.05, 4.69) is 32.9 Å². The van der Waals surface area contributed by atoms with Crippen LogP contribution in [0.3, 0.4) is 0 Å². The fraction of sp³-hybridized carbons (Fsp3) is 0.233. The number of aromatic amines is 1. The van der Waals surface area contributed by atoms with Crippen molar-refractivity contribution >= 4 is 57.7 Å². The van der Waals surface area contributed by atoms with E-state index in [1.807, 2.05) is 49.4 Å². The molecular weight excluding hydrogens is 694 g/mol. The Bertz CT molecular complexity index is 1580. The number of ether oxygens (including phenoxy) is 1. The number of rotatable bonds is 10. The van der Waals surface area contributed by atoms with Crippen molar-refractivity contribution in [2.24, 2.45) is 0 Å². The molecule has 1 aliphatic rings. The summed E-state index contributed by atoms with van der Waals surface area (Å²) < 4.78 is 6.41. The van der Waals surface area contributed by atoms with Crippen molar-refractivity contribution in [1.29, 1.82) is 0 Å². The van der Waals surface area contributed by atoms with Crippen molar-refractivity contribution in [3.63, 3.8) is 0 Å². The maximum absolute atomic E-state index is 13.9. The molecule has 4 atom stereocenters. The van der Waals surface area contributed by atoms with E-state index in [9.17, 15) is 14.7 Å². The molecule has 1 fully saturated rings. The number of nitrogens with zero attached hydrogens (tertiary/aromatic N) is 2. The molecule has 1 saturated heterocycles. The maximum Gasteiger partial charge on any atom is 0.325 e.